The van der Waals surface area contributed by atoms with Crippen LogP contribution in [-0.2, 0) is 0 Å². The average molecular weight is 183 g/mol. The molecule has 3 N–H and O–H groups in total. The van der Waals surface area contributed by atoms with Crippen molar-refractivity contribution in [2.24, 2.45) is 17.6 Å². The Morgan fingerprint density at radius 2 is 1.92 bits per heavy atom. The van der Waals surface area contributed by atoms with E-state index in [0.717, 1.165) is 31.3 Å². The lowest BCUT2D eigenvalue weighted by atomic mass is 10.0. The number of likely N-dealkylation sites (tertiary alicyclic amines) is 1. The number of nitrogens with one attached hydrogen (secondary N) is 1. The second-order valence-corrected chi connectivity index (χ2v) is 4.29. The van der Waals surface area contributed by atoms with Gasteiger partial charge in [0.1, 0.15) is 5.84 Å². The van der Waals surface area contributed by atoms with Crippen molar-refractivity contribution in [3.63, 3.8) is 0 Å². The van der Waals surface area contributed by atoms with E-state index in [1.807, 2.05) is 0 Å². The largest absolute Gasteiger partial charge is 0.386 e. The molecular formula is C10H21N3. The van der Waals surface area contributed by atoms with Gasteiger partial charge in [-0.05, 0) is 18.3 Å². The van der Waals surface area contributed by atoms with Gasteiger partial charge in [-0.3, -0.25) is 10.3 Å². The van der Waals surface area contributed by atoms with Crippen molar-refractivity contribution in [2.75, 3.05) is 13.1 Å². The molecule has 0 amide bonds. The highest BCUT2D eigenvalue weighted by atomic mass is 15.2. The highest BCUT2D eigenvalue weighted by Crippen LogP contribution is 2.24. The zero-order valence-corrected chi connectivity index (χ0v) is 8.88. The summed E-state index contributed by atoms with van der Waals surface area (Å²) in [5, 5.41) is 7.48. The molecule has 1 aliphatic rings. The van der Waals surface area contributed by atoms with Crippen LogP contribution in [0, 0.1) is 17.2 Å². The van der Waals surface area contributed by atoms with E-state index < -0.39 is 0 Å². The number of nitrogens with zero attached hydrogens (tertiary/aromatic N) is 1. The number of nitrogens with two attached hydrogens (primary N) is 1. The highest BCUT2D eigenvalue weighted by molar-refractivity contribution is 5.82. The quantitative estimate of drug-likeness (QED) is 0.511. The van der Waals surface area contributed by atoms with Crippen LogP contribution in [0.25, 0.3) is 0 Å². The third-order valence-corrected chi connectivity index (χ3v) is 3.20. The molecule has 1 aliphatic heterocycles. The normalized spacial score (nSPS) is 31.9. The minimum atomic E-state index is 0.174. The Morgan fingerprint density at radius 3 is 2.23 bits per heavy atom. The highest BCUT2D eigenvalue weighted by Gasteiger charge is 2.31. The standard InChI is InChI=1S/C10H21N3/c1-4-9(10(11)12)13-5-7(2)8(3)6-13/h7-9H,4-6H2,1-3H3,(H3,11,12). The SMILES string of the molecule is CCC(C(=N)N)N1CC(C)C(C)C1. The maximum atomic E-state index is 7.48. The zero-order valence-electron chi connectivity index (χ0n) is 8.88. The van der Waals surface area contributed by atoms with E-state index >= 15 is 0 Å². The number of amidine groups is 1. The molecule has 76 valence electrons. The van der Waals surface area contributed by atoms with Gasteiger partial charge in [-0.25, -0.2) is 0 Å². The first-order valence-electron chi connectivity index (χ1n) is 5.14. The molecule has 0 spiro atoms. The second-order valence-electron chi connectivity index (χ2n) is 4.29. The molecule has 13 heavy (non-hydrogen) atoms. The molecule has 0 aliphatic carbocycles. The molecule has 1 heterocycles. The Bertz CT molecular complexity index is 181. The second kappa shape index (κ2) is 4.09. The first kappa shape index (κ1) is 10.5. The van der Waals surface area contributed by atoms with Crippen molar-refractivity contribution in [2.45, 2.75) is 33.2 Å². The molecule has 3 heteroatoms. The minimum absolute atomic E-state index is 0.174. The molecule has 0 aromatic carbocycles. The molecule has 0 aromatic rings. The van der Waals surface area contributed by atoms with Crippen molar-refractivity contribution >= 4 is 5.84 Å². The van der Waals surface area contributed by atoms with Crippen LogP contribution in [0.3, 0.4) is 0 Å². The molecule has 1 rings (SSSR count). The lowest BCUT2D eigenvalue weighted by Gasteiger charge is -2.25. The summed E-state index contributed by atoms with van der Waals surface area (Å²) in [5.41, 5.74) is 5.56. The summed E-state index contributed by atoms with van der Waals surface area (Å²) in [6.45, 7) is 8.84. The predicted octanol–water partition coefficient (Wildman–Crippen LogP) is 1.29. The van der Waals surface area contributed by atoms with Crippen molar-refractivity contribution in [1.82, 2.24) is 4.90 Å². The molecule has 0 radical (unpaired) electrons. The Balaban J connectivity index is 2.57. The number of hydrogen-bond acceptors (Lipinski definition) is 2. The van der Waals surface area contributed by atoms with Crippen molar-refractivity contribution in [3.05, 3.63) is 0 Å². The van der Waals surface area contributed by atoms with Gasteiger partial charge in [-0.2, -0.15) is 0 Å². The first-order chi connectivity index (χ1) is 6.06. The van der Waals surface area contributed by atoms with Crippen molar-refractivity contribution < 1.29 is 0 Å². The van der Waals surface area contributed by atoms with Gasteiger partial charge in [0, 0.05) is 13.1 Å². The van der Waals surface area contributed by atoms with Gasteiger partial charge in [0.15, 0.2) is 0 Å². The maximum absolute atomic E-state index is 7.48. The van der Waals surface area contributed by atoms with Crippen LogP contribution in [0.4, 0.5) is 0 Å². The molecule has 3 unspecified atom stereocenters. The van der Waals surface area contributed by atoms with Gasteiger partial charge in [-0.1, -0.05) is 20.8 Å². The minimum Gasteiger partial charge on any atom is -0.386 e. The number of rotatable bonds is 3. The Kier molecular flexibility index (Phi) is 3.31. The van der Waals surface area contributed by atoms with Crippen LogP contribution in [-0.4, -0.2) is 29.9 Å². The molecule has 3 atom stereocenters. The van der Waals surface area contributed by atoms with Crippen molar-refractivity contribution in [3.8, 4) is 0 Å². The van der Waals surface area contributed by atoms with Crippen molar-refractivity contribution in [1.29, 1.82) is 5.41 Å². The van der Waals surface area contributed by atoms with E-state index in [0.29, 0.717) is 5.84 Å². The summed E-state index contributed by atoms with van der Waals surface area (Å²) in [4.78, 5) is 2.34. The lowest BCUT2D eigenvalue weighted by Crippen LogP contribution is -2.42. The van der Waals surface area contributed by atoms with E-state index in [1.165, 1.54) is 0 Å². The van der Waals surface area contributed by atoms with E-state index in [-0.39, 0.29) is 6.04 Å². The van der Waals surface area contributed by atoms with E-state index in [4.69, 9.17) is 11.1 Å². The Labute approximate surface area is 80.8 Å². The summed E-state index contributed by atoms with van der Waals surface area (Å²) in [5.74, 6) is 1.81. The van der Waals surface area contributed by atoms with E-state index in [2.05, 4.69) is 25.7 Å². The van der Waals surface area contributed by atoms with Gasteiger partial charge in [0.25, 0.3) is 0 Å². The van der Waals surface area contributed by atoms with Crippen LogP contribution >= 0.6 is 0 Å². The predicted molar refractivity (Wildman–Crippen MR) is 55.9 cm³/mol. The zero-order chi connectivity index (χ0) is 10.0. The summed E-state index contributed by atoms with van der Waals surface area (Å²) >= 11 is 0. The fourth-order valence-corrected chi connectivity index (χ4v) is 2.10. The van der Waals surface area contributed by atoms with Gasteiger partial charge < -0.3 is 5.73 Å². The fourth-order valence-electron chi connectivity index (χ4n) is 2.10. The van der Waals surface area contributed by atoms with Gasteiger partial charge in [0.2, 0.25) is 0 Å². The van der Waals surface area contributed by atoms with E-state index in [1.54, 1.807) is 0 Å². The molecule has 1 saturated heterocycles. The van der Waals surface area contributed by atoms with Crippen LogP contribution < -0.4 is 5.73 Å². The van der Waals surface area contributed by atoms with Gasteiger partial charge in [0.05, 0.1) is 6.04 Å². The lowest BCUT2D eigenvalue weighted by molar-refractivity contribution is 0.278. The molecule has 0 bridgehead atoms. The van der Waals surface area contributed by atoms with Gasteiger partial charge in [-0.15, -0.1) is 0 Å². The summed E-state index contributed by atoms with van der Waals surface area (Å²) < 4.78 is 0. The summed E-state index contributed by atoms with van der Waals surface area (Å²) in [6, 6.07) is 0.174. The fraction of sp³-hybridized carbons (Fsp3) is 0.900. The third kappa shape index (κ3) is 2.21. The van der Waals surface area contributed by atoms with Crippen LogP contribution in [0.2, 0.25) is 0 Å². The van der Waals surface area contributed by atoms with Gasteiger partial charge >= 0.3 is 0 Å². The molecule has 3 nitrogen and oxygen atoms in total. The molecule has 0 saturated carbocycles. The maximum Gasteiger partial charge on any atom is 0.108 e. The Morgan fingerprint density at radius 1 is 1.46 bits per heavy atom. The smallest absolute Gasteiger partial charge is 0.108 e. The molecule has 1 fully saturated rings. The third-order valence-electron chi connectivity index (χ3n) is 3.20. The first-order valence-corrected chi connectivity index (χ1v) is 5.14. The van der Waals surface area contributed by atoms with Crippen LogP contribution in [0.1, 0.15) is 27.2 Å². The summed E-state index contributed by atoms with van der Waals surface area (Å²) in [6.07, 6.45) is 0.953. The van der Waals surface area contributed by atoms with E-state index in [9.17, 15) is 0 Å². The topological polar surface area (TPSA) is 53.1 Å². The Hall–Kier alpha value is -0.570. The van der Waals surface area contributed by atoms with Crippen LogP contribution in [0.5, 0.6) is 0 Å². The van der Waals surface area contributed by atoms with Crippen LogP contribution in [0.15, 0.2) is 0 Å². The number of hydrogen-bond donors (Lipinski definition) is 2. The monoisotopic (exact) mass is 183 g/mol. The summed E-state index contributed by atoms with van der Waals surface area (Å²) in [7, 11) is 0. The average Bonchev–Trinajstić information content (AvgIpc) is 2.32. The molecule has 0 aromatic heterocycles. The molecular weight excluding hydrogens is 162 g/mol.